The Bertz CT molecular complexity index is 1640. The van der Waals surface area contributed by atoms with Crippen LogP contribution in [0.4, 0.5) is 0 Å². The van der Waals surface area contributed by atoms with Gasteiger partial charge in [0.15, 0.2) is 0 Å². The molecule has 6 aromatic carbocycles. The van der Waals surface area contributed by atoms with Gasteiger partial charge in [-0.1, -0.05) is 0 Å². The summed E-state index contributed by atoms with van der Waals surface area (Å²) in [6.45, 7) is 0. The monoisotopic (exact) mass is 1050 g/mol. The van der Waals surface area contributed by atoms with Crippen LogP contribution in [-0.4, -0.2) is 34.5 Å². The fourth-order valence-corrected chi connectivity index (χ4v) is 41.4. The number of halogens is 3. The average molecular weight is 1050 g/mol. The number of hydrogen-bond acceptors (Lipinski definition) is 0. The topological polar surface area (TPSA) is 0 Å². The molecule has 6 rings (SSSR count). The van der Waals surface area contributed by atoms with Crippen molar-refractivity contribution in [2.75, 3.05) is 30.8 Å². The molecule has 49 heavy (non-hydrogen) atoms. The van der Waals surface area contributed by atoms with Gasteiger partial charge in [0.05, 0.1) is 0 Å². The van der Waals surface area contributed by atoms with Crippen LogP contribution >= 0.6 is 92.3 Å². The molecule has 0 nitrogen and oxygen atoms in total. The molecule has 0 aliphatic carbocycles. The van der Waals surface area contributed by atoms with E-state index in [0.29, 0.717) is 3.67 Å². The fourth-order valence-electron chi connectivity index (χ4n) is 6.23. The Morgan fingerprint density at radius 2 is 0.633 bits per heavy atom. The summed E-state index contributed by atoms with van der Waals surface area (Å²) in [5.41, 5.74) is 0. The second-order valence-electron chi connectivity index (χ2n) is 12.2. The van der Waals surface area contributed by atoms with Crippen molar-refractivity contribution in [3.05, 3.63) is 182 Å². The third-order valence-corrected chi connectivity index (χ3v) is 31.8. The van der Waals surface area contributed by atoms with Gasteiger partial charge in [-0.3, -0.25) is 0 Å². The van der Waals surface area contributed by atoms with Gasteiger partial charge in [0.25, 0.3) is 0 Å². The molecule has 1 atom stereocenters. The molecule has 0 spiro atoms. The Hall–Kier alpha value is -0.770. The molecular formula is C42H41I3P4. The summed E-state index contributed by atoms with van der Waals surface area (Å²) in [6.07, 6.45) is 6.27. The zero-order valence-corrected chi connectivity index (χ0v) is 37.4. The van der Waals surface area contributed by atoms with Gasteiger partial charge in [-0.15, -0.1) is 0 Å². The Kier molecular flexibility index (Phi) is 14.2. The third-order valence-electron chi connectivity index (χ3n) is 8.78. The molecule has 0 aliphatic heterocycles. The predicted octanol–water partition coefficient (Wildman–Crippen LogP) is 11.4. The normalized spacial score (nSPS) is 13.3. The van der Waals surface area contributed by atoms with Gasteiger partial charge in [-0.25, -0.2) is 0 Å². The quantitative estimate of drug-likeness (QED) is 0.0546. The summed E-state index contributed by atoms with van der Waals surface area (Å²) in [4.78, 5) is 0. The Labute approximate surface area is 337 Å². The van der Waals surface area contributed by atoms with E-state index >= 15 is 0 Å². The van der Waals surface area contributed by atoms with Crippen molar-refractivity contribution < 1.29 is 0 Å². The Morgan fingerprint density at radius 3 is 0.898 bits per heavy atom. The van der Waals surface area contributed by atoms with Crippen LogP contribution in [0.2, 0.25) is 0 Å². The summed E-state index contributed by atoms with van der Waals surface area (Å²) in [7, 11) is -1.43. The molecule has 0 saturated heterocycles. The second kappa shape index (κ2) is 18.3. The van der Waals surface area contributed by atoms with Crippen LogP contribution in [0.3, 0.4) is 0 Å². The summed E-state index contributed by atoms with van der Waals surface area (Å²) >= 11 is 9.04. The maximum absolute atomic E-state index is 3.08. The fraction of sp³-hybridized carbons (Fsp3) is 0.143. The molecule has 0 heterocycles. The van der Waals surface area contributed by atoms with Crippen LogP contribution in [0.15, 0.2) is 182 Å². The van der Waals surface area contributed by atoms with E-state index in [1.165, 1.54) is 62.6 Å². The first-order valence-corrected chi connectivity index (χ1v) is 30.7. The van der Waals surface area contributed by atoms with E-state index in [9.17, 15) is 0 Å². The summed E-state index contributed by atoms with van der Waals surface area (Å²) < 4.78 is -1.80. The van der Waals surface area contributed by atoms with Crippen molar-refractivity contribution in [1.29, 1.82) is 0 Å². The standard InChI is InChI=1S/C42H41I3P4/c43-42(48(40-27-15-5-16-28-40)41-29-17-6-18-30-41)35-49(44,45,33-31-46(36-19-7-1-8-20-36)37-21-9-2-10-22-37)34-32-47(38-23-11-3-12-24-38)39-25-13-4-14-26-39/h1-30,42H,31-35H2. The Balaban J connectivity index is 1.37. The van der Waals surface area contributed by atoms with E-state index in [1.54, 1.807) is 0 Å². The minimum atomic E-state index is -2.33. The number of rotatable bonds is 15. The van der Waals surface area contributed by atoms with E-state index in [0.717, 1.165) is 0 Å². The van der Waals surface area contributed by atoms with Crippen molar-refractivity contribution in [2.24, 2.45) is 0 Å². The van der Waals surface area contributed by atoms with Crippen molar-refractivity contribution >= 4 is 124 Å². The van der Waals surface area contributed by atoms with Crippen LogP contribution in [0.25, 0.3) is 0 Å². The van der Waals surface area contributed by atoms with Crippen LogP contribution < -0.4 is 31.8 Å². The molecule has 0 N–H and O–H groups in total. The van der Waals surface area contributed by atoms with Crippen molar-refractivity contribution in [3.63, 3.8) is 0 Å². The van der Waals surface area contributed by atoms with Gasteiger partial charge in [-0.2, -0.15) is 0 Å². The first kappa shape index (κ1) is 38.0. The van der Waals surface area contributed by atoms with Crippen molar-refractivity contribution in [3.8, 4) is 0 Å². The van der Waals surface area contributed by atoms with Gasteiger partial charge in [0.2, 0.25) is 0 Å². The van der Waals surface area contributed by atoms with E-state index in [2.05, 4.69) is 249 Å². The van der Waals surface area contributed by atoms with E-state index in [1.807, 2.05) is 0 Å². The maximum atomic E-state index is 3.08. The zero-order chi connectivity index (χ0) is 34.0. The molecular weight excluding hydrogens is 1010 g/mol. The molecule has 0 aliphatic rings. The van der Waals surface area contributed by atoms with Crippen LogP contribution in [0, 0.1) is 0 Å². The molecule has 0 aromatic heterocycles. The Morgan fingerprint density at radius 1 is 0.388 bits per heavy atom. The number of alkyl halides is 1. The first-order valence-electron chi connectivity index (χ1n) is 16.6. The molecule has 7 heteroatoms. The summed E-state index contributed by atoms with van der Waals surface area (Å²) in [5, 5.41) is 8.95. The second-order valence-corrected chi connectivity index (χ2v) is 46.6. The number of benzene rings is 6. The van der Waals surface area contributed by atoms with Crippen LogP contribution in [0.1, 0.15) is 0 Å². The van der Waals surface area contributed by atoms with Crippen molar-refractivity contribution in [1.82, 2.24) is 0 Å². The molecule has 0 radical (unpaired) electrons. The van der Waals surface area contributed by atoms with E-state index in [-0.39, 0.29) is 0 Å². The minimum absolute atomic E-state index is 0.458. The summed E-state index contributed by atoms with van der Waals surface area (Å²) in [5.74, 6) is 0. The predicted molar refractivity (Wildman–Crippen MR) is 254 cm³/mol. The molecule has 0 amide bonds. The van der Waals surface area contributed by atoms with Gasteiger partial charge in [0, 0.05) is 0 Å². The third kappa shape index (κ3) is 10.7. The zero-order valence-electron chi connectivity index (χ0n) is 27.4. The molecule has 0 fully saturated rings. The van der Waals surface area contributed by atoms with Crippen LogP contribution in [0.5, 0.6) is 0 Å². The van der Waals surface area contributed by atoms with Gasteiger partial charge in [0.1, 0.15) is 0 Å². The van der Waals surface area contributed by atoms with Gasteiger partial charge < -0.3 is 0 Å². The molecule has 0 saturated carbocycles. The summed E-state index contributed by atoms with van der Waals surface area (Å²) in [6, 6.07) is 68.0. The van der Waals surface area contributed by atoms with Crippen molar-refractivity contribution in [2.45, 2.75) is 3.67 Å². The van der Waals surface area contributed by atoms with Gasteiger partial charge in [-0.05, 0) is 0 Å². The molecule has 250 valence electrons. The van der Waals surface area contributed by atoms with E-state index < -0.39 is 25.7 Å². The SMILES string of the molecule is IC(CP(I)(I)(CCP(c1ccccc1)c1ccccc1)CCP(c1ccccc1)c1ccccc1)P(c1ccccc1)c1ccccc1. The average Bonchev–Trinajstić information content (AvgIpc) is 3.14. The molecule has 6 aromatic rings. The number of hydrogen-bond donors (Lipinski definition) is 0. The molecule has 0 bridgehead atoms. The van der Waals surface area contributed by atoms with Gasteiger partial charge >= 0.3 is 341 Å². The first-order chi connectivity index (χ1) is 23.9. The molecule has 1 unspecified atom stereocenters. The van der Waals surface area contributed by atoms with Crippen LogP contribution in [-0.2, 0) is 0 Å². The van der Waals surface area contributed by atoms with E-state index in [4.69, 9.17) is 0 Å².